The van der Waals surface area contributed by atoms with Crippen LogP contribution in [0.5, 0.6) is 0 Å². The number of carbonyl (C=O) groups excluding carboxylic acids is 2. The van der Waals surface area contributed by atoms with Crippen LogP contribution < -0.4 is 15.8 Å². The summed E-state index contributed by atoms with van der Waals surface area (Å²) in [4.78, 5) is 27.6. The summed E-state index contributed by atoms with van der Waals surface area (Å²) in [6.45, 7) is 0.162. The molecule has 0 aliphatic carbocycles. The van der Waals surface area contributed by atoms with Crippen molar-refractivity contribution in [3.05, 3.63) is 150 Å². The summed E-state index contributed by atoms with van der Waals surface area (Å²) in [6, 6.07) is 36.2. The summed E-state index contributed by atoms with van der Waals surface area (Å²) in [7, 11) is -4.22. The van der Waals surface area contributed by atoms with E-state index in [2.05, 4.69) is 10.0 Å². The van der Waals surface area contributed by atoms with Crippen LogP contribution in [-0.4, -0.2) is 43.4 Å². The highest BCUT2D eigenvalue weighted by Gasteiger charge is 2.40. The number of aliphatic hydroxyl groups is 1. The van der Waals surface area contributed by atoms with Gasteiger partial charge in [0.05, 0.1) is 22.9 Å². The normalized spacial score (nSPS) is 14.3. The molecule has 8 nitrogen and oxygen atoms in total. The molecule has 0 saturated carbocycles. The maximum Gasteiger partial charge on any atom is 0.250 e. The third kappa shape index (κ3) is 7.71. The Bertz CT molecular complexity index is 1850. The van der Waals surface area contributed by atoms with Crippen LogP contribution in [0, 0.1) is 0 Å². The summed E-state index contributed by atoms with van der Waals surface area (Å²) >= 11 is 0. The average molecular weight is 622 g/mol. The summed E-state index contributed by atoms with van der Waals surface area (Å²) in [5.41, 5.74) is 8.53. The number of hydrogen-bond acceptors (Lipinski definition) is 6. The van der Waals surface area contributed by atoms with E-state index >= 15 is 0 Å². The second kappa shape index (κ2) is 14.4. The topological polar surface area (TPSA) is 139 Å². The fraction of sp³-hybridized carbons (Fsp3) is 0.167. The van der Waals surface area contributed by atoms with Gasteiger partial charge < -0.3 is 16.2 Å². The Morgan fingerprint density at radius 1 is 0.711 bits per heavy atom. The van der Waals surface area contributed by atoms with Gasteiger partial charge in [0, 0.05) is 11.9 Å². The number of amides is 1. The molecule has 5 aromatic rings. The molecular weight excluding hydrogens is 586 g/mol. The van der Waals surface area contributed by atoms with E-state index in [0.717, 1.165) is 16.5 Å². The van der Waals surface area contributed by atoms with Crippen molar-refractivity contribution in [2.45, 2.75) is 42.0 Å². The summed E-state index contributed by atoms with van der Waals surface area (Å²) in [5.74, 6) is -2.53. The van der Waals surface area contributed by atoms with Crippen LogP contribution in [0.25, 0.3) is 10.8 Å². The van der Waals surface area contributed by atoms with E-state index in [4.69, 9.17) is 5.73 Å². The van der Waals surface area contributed by atoms with Gasteiger partial charge in [0.15, 0.2) is 5.78 Å². The first-order valence-corrected chi connectivity index (χ1v) is 16.1. The summed E-state index contributed by atoms with van der Waals surface area (Å²) < 4.78 is 30.5. The molecule has 0 aromatic heterocycles. The predicted octanol–water partition coefficient (Wildman–Crippen LogP) is 4.09. The molecule has 5 rings (SSSR count). The SMILES string of the molecule is N[C@@H](C(C(=O)[C@H](Cc1ccccc1)NS(=O)(=O)c1cccc2ccccc12)c1ccccc1)[C@@H](O)C(=O)NCc1ccccc1. The Morgan fingerprint density at radius 2 is 1.27 bits per heavy atom. The van der Waals surface area contributed by atoms with Gasteiger partial charge in [0.25, 0.3) is 5.91 Å². The van der Waals surface area contributed by atoms with E-state index in [1.807, 2.05) is 54.6 Å². The number of ketones is 1. The van der Waals surface area contributed by atoms with Crippen LogP contribution in [-0.2, 0) is 32.6 Å². The van der Waals surface area contributed by atoms with Gasteiger partial charge in [-0.3, -0.25) is 9.59 Å². The number of benzene rings is 5. The summed E-state index contributed by atoms with van der Waals surface area (Å²) in [5, 5.41) is 15.0. The highest BCUT2D eigenvalue weighted by molar-refractivity contribution is 7.89. The number of nitrogens with two attached hydrogens (primary N) is 1. The third-order valence-electron chi connectivity index (χ3n) is 7.76. The maximum absolute atomic E-state index is 14.5. The Balaban J connectivity index is 1.48. The van der Waals surface area contributed by atoms with Crippen molar-refractivity contribution in [1.82, 2.24) is 10.0 Å². The van der Waals surface area contributed by atoms with Gasteiger partial charge in [-0.1, -0.05) is 127 Å². The number of Topliss-reactive ketones (excluding diaryl/α,β-unsaturated/α-hetero) is 1. The molecule has 0 aliphatic heterocycles. The van der Waals surface area contributed by atoms with Gasteiger partial charge in [-0.25, -0.2) is 13.1 Å². The van der Waals surface area contributed by atoms with Gasteiger partial charge >= 0.3 is 0 Å². The van der Waals surface area contributed by atoms with Crippen molar-refractivity contribution < 1.29 is 23.1 Å². The van der Waals surface area contributed by atoms with Crippen LogP contribution in [0.4, 0.5) is 0 Å². The zero-order valence-electron chi connectivity index (χ0n) is 24.5. The Kier molecular flexibility index (Phi) is 10.2. The lowest BCUT2D eigenvalue weighted by Gasteiger charge is -2.30. The molecule has 0 fully saturated rings. The van der Waals surface area contributed by atoms with Crippen molar-refractivity contribution in [2.75, 3.05) is 0 Å². The van der Waals surface area contributed by atoms with E-state index in [9.17, 15) is 23.1 Å². The fourth-order valence-electron chi connectivity index (χ4n) is 5.43. The number of aliphatic hydroxyl groups excluding tert-OH is 1. The molecule has 5 N–H and O–H groups in total. The molecule has 5 aromatic carbocycles. The van der Waals surface area contributed by atoms with Crippen molar-refractivity contribution in [3.8, 4) is 0 Å². The molecule has 0 saturated heterocycles. The van der Waals surface area contributed by atoms with E-state index in [1.165, 1.54) is 6.07 Å². The third-order valence-corrected chi connectivity index (χ3v) is 9.29. The van der Waals surface area contributed by atoms with Crippen LogP contribution in [0.2, 0.25) is 0 Å². The number of fused-ring (bicyclic) bond motifs is 1. The van der Waals surface area contributed by atoms with Gasteiger partial charge in [-0.05, 0) is 34.6 Å². The zero-order chi connectivity index (χ0) is 31.8. The Labute approximate surface area is 263 Å². The lowest BCUT2D eigenvalue weighted by molar-refractivity contribution is -0.132. The second-order valence-electron chi connectivity index (χ2n) is 10.9. The quantitative estimate of drug-likeness (QED) is 0.156. The number of nitrogens with one attached hydrogen (secondary N) is 2. The Morgan fingerprint density at radius 3 is 1.93 bits per heavy atom. The van der Waals surface area contributed by atoms with Crippen LogP contribution in [0.3, 0.4) is 0 Å². The predicted molar refractivity (Wildman–Crippen MR) is 175 cm³/mol. The van der Waals surface area contributed by atoms with E-state index in [1.54, 1.807) is 72.8 Å². The maximum atomic E-state index is 14.5. The molecule has 0 aliphatic rings. The molecule has 230 valence electrons. The van der Waals surface area contributed by atoms with Crippen LogP contribution in [0.15, 0.2) is 138 Å². The number of rotatable bonds is 13. The van der Waals surface area contributed by atoms with E-state index < -0.39 is 45.8 Å². The van der Waals surface area contributed by atoms with Gasteiger partial charge in [-0.15, -0.1) is 0 Å². The largest absolute Gasteiger partial charge is 0.382 e. The van der Waals surface area contributed by atoms with Gasteiger partial charge in [0.2, 0.25) is 10.0 Å². The molecule has 0 radical (unpaired) electrons. The molecule has 0 heterocycles. The van der Waals surface area contributed by atoms with Crippen LogP contribution in [0.1, 0.15) is 22.6 Å². The fourth-order valence-corrected chi connectivity index (χ4v) is 6.87. The number of hydrogen-bond donors (Lipinski definition) is 4. The Hall–Kier alpha value is -4.67. The summed E-state index contributed by atoms with van der Waals surface area (Å²) in [6.07, 6.45) is -1.73. The highest BCUT2D eigenvalue weighted by atomic mass is 32.2. The average Bonchev–Trinajstić information content (AvgIpc) is 3.07. The minimum absolute atomic E-state index is 0.0238. The smallest absolute Gasteiger partial charge is 0.250 e. The molecule has 9 heteroatoms. The van der Waals surface area contributed by atoms with Crippen molar-refractivity contribution >= 4 is 32.5 Å². The van der Waals surface area contributed by atoms with E-state index in [-0.39, 0.29) is 17.9 Å². The molecule has 4 atom stereocenters. The first-order valence-electron chi connectivity index (χ1n) is 14.6. The lowest BCUT2D eigenvalue weighted by Crippen LogP contribution is -2.54. The zero-order valence-corrected chi connectivity index (χ0v) is 25.3. The van der Waals surface area contributed by atoms with Gasteiger partial charge in [0.1, 0.15) is 6.10 Å². The molecule has 1 amide bonds. The standard InChI is InChI=1S/C36H35N3O5S/c37-33(35(41)36(42)38-24-26-15-6-2-7-16-26)32(28-18-8-3-9-19-28)34(40)30(23-25-13-4-1-5-14-25)39-45(43,44)31-22-12-20-27-17-10-11-21-29(27)31/h1-22,30,32-33,35,39,41H,23-24,37H2,(H,38,42)/t30-,32?,33-,35+/m0/s1. The number of sulfonamides is 1. The first kappa shape index (κ1) is 31.7. The monoisotopic (exact) mass is 621 g/mol. The molecule has 45 heavy (non-hydrogen) atoms. The van der Waals surface area contributed by atoms with E-state index in [0.29, 0.717) is 10.9 Å². The van der Waals surface area contributed by atoms with Crippen molar-refractivity contribution in [1.29, 1.82) is 0 Å². The highest BCUT2D eigenvalue weighted by Crippen LogP contribution is 2.27. The minimum Gasteiger partial charge on any atom is -0.382 e. The lowest BCUT2D eigenvalue weighted by atomic mass is 9.81. The van der Waals surface area contributed by atoms with Gasteiger partial charge in [-0.2, -0.15) is 0 Å². The minimum atomic E-state index is -4.22. The van der Waals surface area contributed by atoms with Crippen LogP contribution >= 0.6 is 0 Å². The first-order chi connectivity index (χ1) is 21.7. The molecule has 0 bridgehead atoms. The number of carbonyl (C=O) groups is 2. The molecular formula is C36H35N3O5S. The van der Waals surface area contributed by atoms with Crippen molar-refractivity contribution in [2.24, 2.45) is 5.73 Å². The molecule has 0 spiro atoms. The second-order valence-corrected chi connectivity index (χ2v) is 12.5. The molecule has 1 unspecified atom stereocenters. The van der Waals surface area contributed by atoms with Crippen molar-refractivity contribution in [3.63, 3.8) is 0 Å².